The number of pyridine rings is 1. The quantitative estimate of drug-likeness (QED) is 0.868. The molecule has 0 amide bonds. The Morgan fingerprint density at radius 2 is 2.10 bits per heavy atom. The van der Waals surface area contributed by atoms with Crippen molar-refractivity contribution in [3.8, 4) is 0 Å². The maximum Gasteiger partial charge on any atom is 0.333 e. The molecule has 0 fully saturated rings. The highest BCUT2D eigenvalue weighted by atomic mass is 16.5. The molecule has 0 aliphatic heterocycles. The average Bonchev–Trinajstić information content (AvgIpc) is 2.45. The second kappa shape index (κ2) is 6.19. The third-order valence-corrected chi connectivity index (χ3v) is 3.16. The van der Waals surface area contributed by atoms with Gasteiger partial charge in [0.15, 0.2) is 6.04 Å². The van der Waals surface area contributed by atoms with Crippen molar-refractivity contribution in [2.45, 2.75) is 19.9 Å². The lowest BCUT2D eigenvalue weighted by Crippen LogP contribution is -2.23. The minimum Gasteiger partial charge on any atom is -0.467 e. The lowest BCUT2D eigenvalue weighted by molar-refractivity contribution is -0.141. The van der Waals surface area contributed by atoms with Crippen LogP contribution in [0.1, 0.15) is 22.7 Å². The van der Waals surface area contributed by atoms with E-state index in [0.29, 0.717) is 0 Å². The van der Waals surface area contributed by atoms with E-state index in [9.17, 15) is 4.79 Å². The van der Waals surface area contributed by atoms with Crippen LogP contribution >= 0.6 is 0 Å². The van der Waals surface area contributed by atoms with Crippen molar-refractivity contribution >= 4 is 11.7 Å². The number of carbonyl (C=O) groups excluding carboxylic acids is 1. The zero-order chi connectivity index (χ0) is 14.5. The lowest BCUT2D eigenvalue weighted by Gasteiger charge is -2.19. The maximum atomic E-state index is 12.0. The Morgan fingerprint density at radius 1 is 1.30 bits per heavy atom. The van der Waals surface area contributed by atoms with Crippen molar-refractivity contribution < 1.29 is 9.53 Å². The summed E-state index contributed by atoms with van der Waals surface area (Å²) in [6.07, 6.45) is 3.40. The number of benzene rings is 1. The molecule has 4 nitrogen and oxygen atoms in total. The number of hydrogen-bond donors (Lipinski definition) is 1. The molecule has 1 N–H and O–H groups in total. The zero-order valence-corrected chi connectivity index (χ0v) is 11.9. The second-order valence-corrected chi connectivity index (χ2v) is 4.70. The van der Waals surface area contributed by atoms with E-state index in [1.54, 1.807) is 12.4 Å². The van der Waals surface area contributed by atoms with Crippen LogP contribution in [0.4, 0.5) is 5.69 Å². The van der Waals surface area contributed by atoms with Gasteiger partial charge in [0.2, 0.25) is 0 Å². The molecule has 1 unspecified atom stereocenters. The summed E-state index contributed by atoms with van der Waals surface area (Å²) in [5.41, 5.74) is 3.82. The first-order valence-corrected chi connectivity index (χ1v) is 6.43. The van der Waals surface area contributed by atoms with Crippen LogP contribution < -0.4 is 5.32 Å². The van der Waals surface area contributed by atoms with Crippen LogP contribution in [0.5, 0.6) is 0 Å². The number of ether oxygens (including phenoxy) is 1. The first-order valence-electron chi connectivity index (χ1n) is 6.43. The summed E-state index contributed by atoms with van der Waals surface area (Å²) in [5.74, 6) is -0.331. The number of hydrogen-bond acceptors (Lipinski definition) is 4. The van der Waals surface area contributed by atoms with Crippen molar-refractivity contribution in [3.63, 3.8) is 0 Å². The molecule has 0 spiro atoms. The van der Waals surface area contributed by atoms with Crippen molar-refractivity contribution in [3.05, 3.63) is 59.4 Å². The molecule has 0 aliphatic rings. The van der Waals surface area contributed by atoms with Crippen LogP contribution in [0.25, 0.3) is 0 Å². The normalized spacial score (nSPS) is 11.8. The molecule has 104 valence electrons. The minimum atomic E-state index is -0.560. The van der Waals surface area contributed by atoms with Gasteiger partial charge in [0.25, 0.3) is 0 Å². The fourth-order valence-electron chi connectivity index (χ4n) is 2.06. The number of anilines is 1. The molecule has 1 aromatic carbocycles. The van der Waals surface area contributed by atoms with E-state index < -0.39 is 6.04 Å². The SMILES string of the molecule is COC(=O)C(Nc1cccc(C)c1)c1cnccc1C. The first kappa shape index (κ1) is 14.1. The molecule has 1 heterocycles. The molecule has 0 bridgehead atoms. The number of aromatic nitrogens is 1. The fourth-order valence-corrected chi connectivity index (χ4v) is 2.06. The van der Waals surface area contributed by atoms with Crippen molar-refractivity contribution in [1.29, 1.82) is 0 Å². The third-order valence-electron chi connectivity index (χ3n) is 3.16. The Labute approximate surface area is 118 Å². The number of esters is 1. The van der Waals surface area contributed by atoms with E-state index in [4.69, 9.17) is 4.74 Å². The molecule has 0 aliphatic carbocycles. The topological polar surface area (TPSA) is 51.2 Å². The predicted molar refractivity (Wildman–Crippen MR) is 78.5 cm³/mol. The van der Waals surface area contributed by atoms with Gasteiger partial charge in [-0.1, -0.05) is 12.1 Å². The number of aryl methyl sites for hydroxylation is 2. The molecule has 2 rings (SSSR count). The molecule has 0 radical (unpaired) electrons. The Hall–Kier alpha value is -2.36. The second-order valence-electron chi connectivity index (χ2n) is 4.70. The molecular formula is C16H18N2O2. The fraction of sp³-hybridized carbons (Fsp3) is 0.250. The molecule has 0 saturated heterocycles. The van der Waals surface area contributed by atoms with Crippen LogP contribution in [0.2, 0.25) is 0 Å². The Morgan fingerprint density at radius 3 is 2.75 bits per heavy atom. The van der Waals surface area contributed by atoms with E-state index in [1.807, 2.05) is 44.2 Å². The highest BCUT2D eigenvalue weighted by Gasteiger charge is 2.23. The van der Waals surface area contributed by atoms with Gasteiger partial charge in [0.1, 0.15) is 0 Å². The van der Waals surface area contributed by atoms with Crippen molar-refractivity contribution in [1.82, 2.24) is 4.98 Å². The van der Waals surface area contributed by atoms with Gasteiger partial charge in [0, 0.05) is 23.6 Å². The Balaban J connectivity index is 2.34. The van der Waals surface area contributed by atoms with Crippen molar-refractivity contribution in [2.24, 2.45) is 0 Å². The number of methoxy groups -OCH3 is 1. The van der Waals surface area contributed by atoms with Crippen LogP contribution in [-0.4, -0.2) is 18.1 Å². The van der Waals surface area contributed by atoms with Gasteiger partial charge in [-0.3, -0.25) is 4.98 Å². The lowest BCUT2D eigenvalue weighted by atomic mass is 10.0. The molecule has 1 aromatic heterocycles. The van der Waals surface area contributed by atoms with Gasteiger partial charge in [-0.2, -0.15) is 0 Å². The average molecular weight is 270 g/mol. The van der Waals surface area contributed by atoms with Gasteiger partial charge < -0.3 is 10.1 Å². The minimum absolute atomic E-state index is 0.331. The van der Waals surface area contributed by atoms with Crippen molar-refractivity contribution in [2.75, 3.05) is 12.4 Å². The molecular weight excluding hydrogens is 252 g/mol. The summed E-state index contributed by atoms with van der Waals surface area (Å²) in [4.78, 5) is 16.1. The number of nitrogens with one attached hydrogen (secondary N) is 1. The van der Waals surface area contributed by atoms with Crippen LogP contribution in [0.15, 0.2) is 42.7 Å². The number of nitrogens with zero attached hydrogens (tertiary/aromatic N) is 1. The number of rotatable bonds is 4. The molecule has 2 aromatic rings. The summed E-state index contributed by atoms with van der Waals surface area (Å²) in [6.45, 7) is 3.96. The summed E-state index contributed by atoms with van der Waals surface area (Å²) < 4.78 is 4.90. The van der Waals surface area contributed by atoms with E-state index >= 15 is 0 Å². The molecule has 20 heavy (non-hydrogen) atoms. The van der Waals surface area contributed by atoms with Crippen LogP contribution in [-0.2, 0) is 9.53 Å². The van der Waals surface area contributed by atoms with Crippen LogP contribution in [0.3, 0.4) is 0 Å². The zero-order valence-electron chi connectivity index (χ0n) is 11.9. The molecule has 0 saturated carbocycles. The Bertz CT molecular complexity index is 611. The number of carbonyl (C=O) groups is 1. The standard InChI is InChI=1S/C16H18N2O2/c1-11-5-4-6-13(9-11)18-15(16(19)20-3)14-10-17-8-7-12(14)2/h4-10,15,18H,1-3H3. The highest BCUT2D eigenvalue weighted by molar-refractivity contribution is 5.81. The van der Waals surface area contributed by atoms with E-state index in [1.165, 1.54) is 7.11 Å². The summed E-state index contributed by atoms with van der Waals surface area (Å²) in [5, 5.41) is 3.21. The van der Waals surface area contributed by atoms with E-state index in [2.05, 4.69) is 10.3 Å². The summed E-state index contributed by atoms with van der Waals surface area (Å²) in [6, 6.07) is 9.19. The van der Waals surface area contributed by atoms with Gasteiger partial charge in [-0.15, -0.1) is 0 Å². The van der Waals surface area contributed by atoms with Gasteiger partial charge in [-0.05, 0) is 43.2 Å². The van der Waals surface area contributed by atoms with E-state index in [-0.39, 0.29) is 5.97 Å². The van der Waals surface area contributed by atoms with E-state index in [0.717, 1.165) is 22.4 Å². The first-order chi connectivity index (χ1) is 9.61. The van der Waals surface area contributed by atoms with Gasteiger partial charge >= 0.3 is 5.97 Å². The predicted octanol–water partition coefficient (Wildman–Crippen LogP) is 3.02. The van der Waals surface area contributed by atoms with Gasteiger partial charge in [0.05, 0.1) is 7.11 Å². The monoisotopic (exact) mass is 270 g/mol. The maximum absolute atomic E-state index is 12.0. The van der Waals surface area contributed by atoms with Crippen LogP contribution in [0, 0.1) is 13.8 Å². The highest BCUT2D eigenvalue weighted by Crippen LogP contribution is 2.23. The third kappa shape index (κ3) is 3.15. The summed E-state index contributed by atoms with van der Waals surface area (Å²) >= 11 is 0. The molecule has 4 heteroatoms. The summed E-state index contributed by atoms with van der Waals surface area (Å²) in [7, 11) is 1.39. The Kier molecular flexibility index (Phi) is 4.35. The molecule has 1 atom stereocenters. The van der Waals surface area contributed by atoms with Gasteiger partial charge in [-0.25, -0.2) is 4.79 Å². The largest absolute Gasteiger partial charge is 0.467 e. The smallest absolute Gasteiger partial charge is 0.333 e.